The Morgan fingerprint density at radius 3 is 2.96 bits per heavy atom. The van der Waals surface area contributed by atoms with E-state index in [0.717, 1.165) is 31.2 Å². The largest absolute Gasteiger partial charge is 0.334 e. The average molecular weight is 352 g/mol. The van der Waals surface area contributed by atoms with Gasteiger partial charge in [0.05, 0.1) is 23.4 Å². The SMILES string of the molecule is Cn1cc(-c2nc(C3CCCCCN3C(=O)c3cccnc3)no2)cn1. The number of nitrogens with zero attached hydrogens (tertiary/aromatic N) is 6. The van der Waals surface area contributed by atoms with Gasteiger partial charge >= 0.3 is 0 Å². The van der Waals surface area contributed by atoms with Crippen LogP contribution < -0.4 is 0 Å². The molecule has 0 saturated carbocycles. The summed E-state index contributed by atoms with van der Waals surface area (Å²) >= 11 is 0. The number of aromatic nitrogens is 5. The van der Waals surface area contributed by atoms with Gasteiger partial charge in [0, 0.05) is 32.2 Å². The van der Waals surface area contributed by atoms with Gasteiger partial charge in [-0.15, -0.1) is 0 Å². The molecule has 1 aliphatic rings. The maximum Gasteiger partial charge on any atom is 0.261 e. The van der Waals surface area contributed by atoms with E-state index in [4.69, 9.17) is 4.52 Å². The van der Waals surface area contributed by atoms with Crippen molar-refractivity contribution in [3.05, 3.63) is 48.3 Å². The molecule has 0 aromatic carbocycles. The fourth-order valence-electron chi connectivity index (χ4n) is 3.29. The fourth-order valence-corrected chi connectivity index (χ4v) is 3.29. The molecule has 1 saturated heterocycles. The van der Waals surface area contributed by atoms with Gasteiger partial charge in [-0.25, -0.2) is 0 Å². The molecule has 4 heterocycles. The van der Waals surface area contributed by atoms with Crippen LogP contribution in [0.3, 0.4) is 0 Å². The molecule has 1 amide bonds. The summed E-state index contributed by atoms with van der Waals surface area (Å²) in [5, 5.41) is 8.29. The Kier molecular flexibility index (Phi) is 4.47. The predicted molar refractivity (Wildman–Crippen MR) is 93.0 cm³/mol. The highest BCUT2D eigenvalue weighted by atomic mass is 16.5. The zero-order valence-corrected chi connectivity index (χ0v) is 14.6. The summed E-state index contributed by atoms with van der Waals surface area (Å²) < 4.78 is 7.11. The van der Waals surface area contributed by atoms with Crippen LogP contribution in [0.25, 0.3) is 11.5 Å². The third-order valence-electron chi connectivity index (χ3n) is 4.61. The second-order valence-corrected chi connectivity index (χ2v) is 6.47. The minimum Gasteiger partial charge on any atom is -0.334 e. The van der Waals surface area contributed by atoms with Gasteiger partial charge in [-0.2, -0.15) is 10.1 Å². The van der Waals surface area contributed by atoms with Crippen LogP contribution in [0.1, 0.15) is 47.9 Å². The Balaban J connectivity index is 1.64. The van der Waals surface area contributed by atoms with Crippen molar-refractivity contribution in [3.63, 3.8) is 0 Å². The molecule has 4 rings (SSSR count). The highest BCUT2D eigenvalue weighted by Crippen LogP contribution is 2.31. The molecule has 0 spiro atoms. The number of amides is 1. The van der Waals surface area contributed by atoms with E-state index in [0.29, 0.717) is 23.8 Å². The zero-order valence-electron chi connectivity index (χ0n) is 14.6. The van der Waals surface area contributed by atoms with Crippen molar-refractivity contribution in [2.75, 3.05) is 6.54 Å². The van der Waals surface area contributed by atoms with Crippen LogP contribution in [-0.2, 0) is 7.05 Å². The summed E-state index contributed by atoms with van der Waals surface area (Å²) in [6, 6.07) is 3.36. The number of likely N-dealkylation sites (tertiary alicyclic amines) is 1. The van der Waals surface area contributed by atoms with Crippen LogP contribution >= 0.6 is 0 Å². The minimum atomic E-state index is -0.195. The molecule has 26 heavy (non-hydrogen) atoms. The van der Waals surface area contributed by atoms with Crippen LogP contribution in [0, 0.1) is 0 Å². The highest BCUT2D eigenvalue weighted by molar-refractivity contribution is 5.94. The molecule has 1 fully saturated rings. The first-order valence-corrected chi connectivity index (χ1v) is 8.76. The third-order valence-corrected chi connectivity index (χ3v) is 4.61. The molecule has 1 unspecified atom stereocenters. The standard InChI is InChI=1S/C18H20N6O2/c1-23-12-14(11-20-23)17-21-16(22-26-17)15-7-3-2-4-9-24(15)18(25)13-6-5-8-19-10-13/h5-6,8,10-12,15H,2-4,7,9H2,1H3. The van der Waals surface area contributed by atoms with E-state index in [2.05, 4.69) is 20.2 Å². The molecular weight excluding hydrogens is 332 g/mol. The lowest BCUT2D eigenvalue weighted by Gasteiger charge is -2.27. The van der Waals surface area contributed by atoms with Crippen molar-refractivity contribution < 1.29 is 9.32 Å². The maximum atomic E-state index is 13.0. The highest BCUT2D eigenvalue weighted by Gasteiger charge is 2.31. The summed E-state index contributed by atoms with van der Waals surface area (Å²) in [4.78, 5) is 23.5. The Morgan fingerprint density at radius 2 is 2.19 bits per heavy atom. The maximum absolute atomic E-state index is 13.0. The van der Waals surface area contributed by atoms with Crippen molar-refractivity contribution in [1.29, 1.82) is 0 Å². The van der Waals surface area contributed by atoms with E-state index in [1.165, 1.54) is 0 Å². The Hall–Kier alpha value is -3.03. The van der Waals surface area contributed by atoms with Crippen molar-refractivity contribution in [3.8, 4) is 11.5 Å². The van der Waals surface area contributed by atoms with E-state index in [1.54, 1.807) is 35.4 Å². The van der Waals surface area contributed by atoms with Crippen molar-refractivity contribution in [1.82, 2.24) is 29.8 Å². The first kappa shape index (κ1) is 16.4. The van der Waals surface area contributed by atoms with E-state index < -0.39 is 0 Å². The van der Waals surface area contributed by atoms with Crippen LogP contribution in [-0.4, -0.2) is 42.3 Å². The number of hydrogen-bond acceptors (Lipinski definition) is 6. The normalized spacial score (nSPS) is 17.9. The van der Waals surface area contributed by atoms with Gasteiger partial charge in [0.15, 0.2) is 5.82 Å². The van der Waals surface area contributed by atoms with E-state index in [9.17, 15) is 4.79 Å². The van der Waals surface area contributed by atoms with E-state index >= 15 is 0 Å². The molecule has 8 heteroatoms. The average Bonchev–Trinajstić information content (AvgIpc) is 3.25. The summed E-state index contributed by atoms with van der Waals surface area (Å²) in [5.41, 5.74) is 1.35. The van der Waals surface area contributed by atoms with Crippen molar-refractivity contribution >= 4 is 5.91 Å². The summed E-state index contributed by atoms with van der Waals surface area (Å²) in [7, 11) is 1.83. The van der Waals surface area contributed by atoms with Crippen LogP contribution in [0.5, 0.6) is 0 Å². The van der Waals surface area contributed by atoms with Gasteiger partial charge in [-0.05, 0) is 25.0 Å². The minimum absolute atomic E-state index is 0.0438. The predicted octanol–water partition coefficient (Wildman–Crippen LogP) is 2.62. The van der Waals surface area contributed by atoms with Crippen molar-refractivity contribution in [2.24, 2.45) is 7.05 Å². The molecular formula is C18H20N6O2. The number of carbonyl (C=O) groups excluding carboxylic acids is 1. The van der Waals surface area contributed by atoms with E-state index in [-0.39, 0.29) is 11.9 Å². The molecule has 3 aromatic rings. The molecule has 0 aliphatic carbocycles. The number of pyridine rings is 1. The second-order valence-electron chi connectivity index (χ2n) is 6.47. The third kappa shape index (κ3) is 3.22. The summed E-state index contributed by atoms with van der Waals surface area (Å²) in [6.45, 7) is 0.676. The molecule has 0 bridgehead atoms. The molecule has 1 aliphatic heterocycles. The summed E-state index contributed by atoms with van der Waals surface area (Å²) in [5.74, 6) is 0.923. The second kappa shape index (κ2) is 7.07. The fraction of sp³-hybridized carbons (Fsp3) is 0.389. The molecule has 0 N–H and O–H groups in total. The molecule has 1 atom stereocenters. The molecule has 8 nitrogen and oxygen atoms in total. The Labute approximate surface area is 150 Å². The van der Waals surface area contributed by atoms with Gasteiger partial charge in [0.1, 0.15) is 0 Å². The quantitative estimate of drug-likeness (QED) is 0.720. The number of carbonyl (C=O) groups is 1. The lowest BCUT2D eigenvalue weighted by Crippen LogP contribution is -2.35. The first-order valence-electron chi connectivity index (χ1n) is 8.76. The Morgan fingerprint density at radius 1 is 1.27 bits per heavy atom. The monoisotopic (exact) mass is 352 g/mol. The lowest BCUT2D eigenvalue weighted by molar-refractivity contribution is 0.0670. The van der Waals surface area contributed by atoms with Gasteiger partial charge in [0.2, 0.25) is 0 Å². The molecule has 134 valence electrons. The van der Waals surface area contributed by atoms with Gasteiger partial charge in [0.25, 0.3) is 11.8 Å². The number of rotatable bonds is 3. The van der Waals surface area contributed by atoms with Crippen LogP contribution in [0.4, 0.5) is 0 Å². The molecule has 0 radical (unpaired) electrons. The van der Waals surface area contributed by atoms with Gasteiger partial charge < -0.3 is 9.42 Å². The molecule has 3 aromatic heterocycles. The van der Waals surface area contributed by atoms with Crippen LogP contribution in [0.2, 0.25) is 0 Å². The van der Waals surface area contributed by atoms with Gasteiger partial charge in [-0.3, -0.25) is 14.5 Å². The zero-order chi connectivity index (χ0) is 17.9. The Bertz CT molecular complexity index is 888. The summed E-state index contributed by atoms with van der Waals surface area (Å²) in [6.07, 6.45) is 10.7. The van der Waals surface area contributed by atoms with Gasteiger partial charge in [-0.1, -0.05) is 18.0 Å². The van der Waals surface area contributed by atoms with E-state index in [1.807, 2.05) is 18.1 Å². The smallest absolute Gasteiger partial charge is 0.261 e. The topological polar surface area (TPSA) is 89.9 Å². The first-order chi connectivity index (χ1) is 12.7. The number of aryl methyl sites for hydroxylation is 1. The lowest BCUT2D eigenvalue weighted by atomic mass is 10.1. The van der Waals surface area contributed by atoms with Crippen molar-refractivity contribution in [2.45, 2.75) is 31.7 Å². The van der Waals surface area contributed by atoms with Crippen LogP contribution in [0.15, 0.2) is 41.4 Å². The number of hydrogen-bond donors (Lipinski definition) is 0.